The summed E-state index contributed by atoms with van der Waals surface area (Å²) < 4.78 is 10.1. The van der Waals surface area contributed by atoms with Crippen LogP contribution in [-0.2, 0) is 11.2 Å². The quantitative estimate of drug-likeness (QED) is 0.813. The standard InChI is InChI=1S/C21H26N2O4/c1-26-19-5-2-16(3-6-19)4-7-20(24)22-14-17-8-11-23(12-9-17)21(25)18-10-13-27-15-18/h2-3,5-6,10,13,15,17H,4,7-9,11-12,14H2,1H3,(H,22,24). The molecule has 1 aliphatic rings. The number of likely N-dealkylation sites (tertiary alicyclic amines) is 1. The summed E-state index contributed by atoms with van der Waals surface area (Å²) in [4.78, 5) is 26.2. The van der Waals surface area contributed by atoms with Gasteiger partial charge in [0.2, 0.25) is 5.91 Å². The average molecular weight is 370 g/mol. The van der Waals surface area contributed by atoms with Gasteiger partial charge < -0.3 is 19.4 Å². The topological polar surface area (TPSA) is 71.8 Å². The zero-order chi connectivity index (χ0) is 19.1. The number of piperidine rings is 1. The van der Waals surface area contributed by atoms with E-state index in [2.05, 4.69) is 5.32 Å². The van der Waals surface area contributed by atoms with Crippen LogP contribution in [0.5, 0.6) is 5.75 Å². The van der Waals surface area contributed by atoms with Crippen LogP contribution in [0.15, 0.2) is 47.3 Å². The van der Waals surface area contributed by atoms with Gasteiger partial charge in [-0.15, -0.1) is 0 Å². The molecule has 1 fully saturated rings. The third-order valence-corrected chi connectivity index (χ3v) is 5.06. The molecule has 0 saturated carbocycles. The van der Waals surface area contributed by atoms with Crippen molar-refractivity contribution in [3.8, 4) is 5.75 Å². The van der Waals surface area contributed by atoms with Gasteiger partial charge in [-0.3, -0.25) is 9.59 Å². The van der Waals surface area contributed by atoms with Crippen molar-refractivity contribution < 1.29 is 18.7 Å². The van der Waals surface area contributed by atoms with Crippen molar-refractivity contribution in [3.63, 3.8) is 0 Å². The second-order valence-corrected chi connectivity index (χ2v) is 6.90. The molecule has 1 aromatic carbocycles. The predicted molar refractivity (Wildman–Crippen MR) is 102 cm³/mol. The summed E-state index contributed by atoms with van der Waals surface area (Å²) in [5.41, 5.74) is 1.72. The highest BCUT2D eigenvalue weighted by Gasteiger charge is 2.24. The maximum atomic E-state index is 12.3. The minimum absolute atomic E-state index is 0.0192. The molecule has 6 nitrogen and oxygen atoms in total. The van der Waals surface area contributed by atoms with E-state index in [0.29, 0.717) is 30.9 Å². The lowest BCUT2D eigenvalue weighted by atomic mass is 9.96. The maximum absolute atomic E-state index is 12.3. The van der Waals surface area contributed by atoms with Crippen LogP contribution >= 0.6 is 0 Å². The van der Waals surface area contributed by atoms with Crippen molar-refractivity contribution in [2.75, 3.05) is 26.7 Å². The number of amides is 2. The number of rotatable bonds is 7. The number of ether oxygens (including phenoxy) is 1. The van der Waals surface area contributed by atoms with Gasteiger partial charge in [-0.1, -0.05) is 12.1 Å². The van der Waals surface area contributed by atoms with Gasteiger partial charge in [-0.2, -0.15) is 0 Å². The molecule has 0 radical (unpaired) electrons. The van der Waals surface area contributed by atoms with E-state index in [-0.39, 0.29) is 11.8 Å². The molecule has 2 heterocycles. The van der Waals surface area contributed by atoms with Gasteiger partial charge in [0, 0.05) is 26.1 Å². The number of carbonyl (C=O) groups is 2. The van der Waals surface area contributed by atoms with Gasteiger partial charge >= 0.3 is 0 Å². The first-order chi connectivity index (χ1) is 13.2. The number of methoxy groups -OCH3 is 1. The Hall–Kier alpha value is -2.76. The Balaban J connectivity index is 1.34. The third-order valence-electron chi connectivity index (χ3n) is 5.06. The van der Waals surface area contributed by atoms with Gasteiger partial charge in [-0.25, -0.2) is 0 Å². The Labute approximate surface area is 159 Å². The van der Waals surface area contributed by atoms with Crippen LogP contribution < -0.4 is 10.1 Å². The van der Waals surface area contributed by atoms with E-state index in [1.165, 1.54) is 12.5 Å². The van der Waals surface area contributed by atoms with Crippen molar-refractivity contribution in [1.82, 2.24) is 10.2 Å². The number of nitrogens with one attached hydrogen (secondary N) is 1. The number of nitrogens with zero attached hydrogens (tertiary/aromatic N) is 1. The van der Waals surface area contributed by atoms with E-state index in [1.807, 2.05) is 29.2 Å². The summed E-state index contributed by atoms with van der Waals surface area (Å²) in [6.07, 6.45) is 6.00. The van der Waals surface area contributed by atoms with Crippen LogP contribution in [0.2, 0.25) is 0 Å². The second kappa shape index (κ2) is 9.26. The molecular weight excluding hydrogens is 344 g/mol. The summed E-state index contributed by atoms with van der Waals surface area (Å²) in [7, 11) is 1.64. The first-order valence-electron chi connectivity index (χ1n) is 9.37. The smallest absolute Gasteiger partial charge is 0.257 e. The fraction of sp³-hybridized carbons (Fsp3) is 0.429. The second-order valence-electron chi connectivity index (χ2n) is 6.90. The molecule has 1 saturated heterocycles. The number of furan rings is 1. The lowest BCUT2D eigenvalue weighted by molar-refractivity contribution is -0.121. The van der Waals surface area contributed by atoms with E-state index < -0.39 is 0 Å². The number of hydrogen-bond donors (Lipinski definition) is 1. The fourth-order valence-corrected chi connectivity index (χ4v) is 3.31. The summed E-state index contributed by atoms with van der Waals surface area (Å²) in [6, 6.07) is 9.48. The van der Waals surface area contributed by atoms with Crippen molar-refractivity contribution in [2.24, 2.45) is 5.92 Å². The molecule has 0 bridgehead atoms. The van der Waals surface area contributed by atoms with Crippen molar-refractivity contribution in [2.45, 2.75) is 25.7 Å². The van der Waals surface area contributed by atoms with Crippen LogP contribution in [0.3, 0.4) is 0 Å². The molecule has 0 atom stereocenters. The molecule has 144 valence electrons. The van der Waals surface area contributed by atoms with E-state index in [0.717, 1.165) is 37.2 Å². The molecule has 2 aromatic rings. The molecule has 1 aliphatic heterocycles. The number of carbonyl (C=O) groups excluding carboxylic acids is 2. The van der Waals surface area contributed by atoms with Crippen LogP contribution in [0, 0.1) is 5.92 Å². The highest BCUT2D eigenvalue weighted by Crippen LogP contribution is 2.19. The Morgan fingerprint density at radius 1 is 1.19 bits per heavy atom. The molecule has 0 aliphatic carbocycles. The Morgan fingerprint density at radius 3 is 2.56 bits per heavy atom. The highest BCUT2D eigenvalue weighted by molar-refractivity contribution is 5.93. The zero-order valence-corrected chi connectivity index (χ0v) is 15.6. The van der Waals surface area contributed by atoms with Gasteiger partial charge in [0.05, 0.1) is 18.9 Å². The monoisotopic (exact) mass is 370 g/mol. The minimum Gasteiger partial charge on any atom is -0.497 e. The lowest BCUT2D eigenvalue weighted by Gasteiger charge is -2.31. The molecule has 1 N–H and O–H groups in total. The SMILES string of the molecule is COc1ccc(CCC(=O)NCC2CCN(C(=O)c3ccoc3)CC2)cc1. The summed E-state index contributed by atoms with van der Waals surface area (Å²) in [6.45, 7) is 2.11. The van der Waals surface area contributed by atoms with Crippen LogP contribution in [-0.4, -0.2) is 43.5 Å². The van der Waals surface area contributed by atoms with E-state index in [4.69, 9.17) is 9.15 Å². The fourth-order valence-electron chi connectivity index (χ4n) is 3.31. The van der Waals surface area contributed by atoms with Gasteiger partial charge in [0.25, 0.3) is 5.91 Å². The van der Waals surface area contributed by atoms with Crippen molar-refractivity contribution >= 4 is 11.8 Å². The summed E-state index contributed by atoms with van der Waals surface area (Å²) in [5, 5.41) is 3.03. The zero-order valence-electron chi connectivity index (χ0n) is 15.6. The van der Waals surface area contributed by atoms with Gasteiger partial charge in [0.1, 0.15) is 12.0 Å². The number of benzene rings is 1. The summed E-state index contributed by atoms with van der Waals surface area (Å²) >= 11 is 0. The van der Waals surface area contributed by atoms with Crippen molar-refractivity contribution in [3.05, 3.63) is 54.0 Å². The molecule has 0 spiro atoms. The number of aryl methyl sites for hydroxylation is 1. The Morgan fingerprint density at radius 2 is 1.93 bits per heavy atom. The highest BCUT2D eigenvalue weighted by atomic mass is 16.5. The molecule has 6 heteroatoms. The van der Waals surface area contributed by atoms with Crippen LogP contribution in [0.4, 0.5) is 0 Å². The molecule has 3 rings (SSSR count). The molecule has 0 unspecified atom stereocenters. The lowest BCUT2D eigenvalue weighted by Crippen LogP contribution is -2.41. The maximum Gasteiger partial charge on any atom is 0.257 e. The first-order valence-corrected chi connectivity index (χ1v) is 9.37. The van der Waals surface area contributed by atoms with Crippen LogP contribution in [0.25, 0.3) is 0 Å². The largest absolute Gasteiger partial charge is 0.497 e. The molecule has 27 heavy (non-hydrogen) atoms. The Bertz CT molecular complexity index is 732. The predicted octanol–water partition coefficient (Wildman–Crippen LogP) is 2.89. The van der Waals surface area contributed by atoms with Gasteiger partial charge in [-0.05, 0) is 48.9 Å². The van der Waals surface area contributed by atoms with E-state index in [9.17, 15) is 9.59 Å². The minimum atomic E-state index is 0.0192. The summed E-state index contributed by atoms with van der Waals surface area (Å²) in [5.74, 6) is 1.33. The van der Waals surface area contributed by atoms with E-state index >= 15 is 0 Å². The molecule has 2 amide bonds. The third kappa shape index (κ3) is 5.36. The number of hydrogen-bond acceptors (Lipinski definition) is 4. The normalized spacial score (nSPS) is 14.8. The van der Waals surface area contributed by atoms with Crippen LogP contribution in [0.1, 0.15) is 35.2 Å². The van der Waals surface area contributed by atoms with E-state index in [1.54, 1.807) is 13.2 Å². The molecule has 1 aromatic heterocycles. The first kappa shape index (κ1) is 19.0. The Kier molecular flexibility index (Phi) is 6.52. The molecular formula is C21H26N2O4. The van der Waals surface area contributed by atoms with Gasteiger partial charge in [0.15, 0.2) is 0 Å². The van der Waals surface area contributed by atoms with Crippen molar-refractivity contribution in [1.29, 1.82) is 0 Å². The average Bonchev–Trinajstić information content (AvgIpc) is 3.26.